The molecular formula is C14H21Cl. The fourth-order valence-corrected chi connectivity index (χ4v) is 2.14. The van der Waals surface area contributed by atoms with Crippen LogP contribution in [0.1, 0.15) is 57.4 Å². The molecule has 0 saturated heterocycles. The second-order valence-corrected chi connectivity index (χ2v) is 4.62. The number of rotatable bonds is 6. The highest BCUT2D eigenvalue weighted by Gasteiger charge is 2.09. The Morgan fingerprint density at radius 3 is 2.20 bits per heavy atom. The van der Waals surface area contributed by atoms with Crippen molar-refractivity contribution >= 4 is 11.6 Å². The van der Waals surface area contributed by atoms with E-state index in [1.54, 1.807) is 0 Å². The van der Waals surface area contributed by atoms with Crippen LogP contribution < -0.4 is 0 Å². The van der Waals surface area contributed by atoms with Gasteiger partial charge in [-0.15, -0.1) is 0 Å². The minimum atomic E-state index is 0.729. The Balaban J connectivity index is 2.65. The van der Waals surface area contributed by atoms with Gasteiger partial charge < -0.3 is 0 Å². The van der Waals surface area contributed by atoms with Gasteiger partial charge in [-0.25, -0.2) is 0 Å². The van der Waals surface area contributed by atoms with E-state index in [1.807, 2.05) is 12.1 Å². The Morgan fingerprint density at radius 2 is 1.67 bits per heavy atom. The zero-order valence-electron chi connectivity index (χ0n) is 9.80. The van der Waals surface area contributed by atoms with Crippen LogP contribution in [0, 0.1) is 0 Å². The van der Waals surface area contributed by atoms with Crippen molar-refractivity contribution in [2.45, 2.75) is 51.9 Å². The number of hydrogen-bond donors (Lipinski definition) is 0. The molecule has 0 aliphatic rings. The number of benzene rings is 1. The molecule has 0 amide bonds. The highest BCUT2D eigenvalue weighted by Crippen LogP contribution is 2.27. The SMILES string of the molecule is CCCCC(CCC)c1ccc(Cl)cc1. The topological polar surface area (TPSA) is 0 Å². The maximum atomic E-state index is 5.90. The summed E-state index contributed by atoms with van der Waals surface area (Å²) < 4.78 is 0. The molecule has 0 nitrogen and oxygen atoms in total. The Morgan fingerprint density at radius 1 is 1.00 bits per heavy atom. The summed E-state index contributed by atoms with van der Waals surface area (Å²) in [4.78, 5) is 0. The van der Waals surface area contributed by atoms with Crippen LogP contribution in [-0.2, 0) is 0 Å². The molecule has 0 aliphatic heterocycles. The van der Waals surface area contributed by atoms with Gasteiger partial charge in [0.2, 0.25) is 0 Å². The molecule has 0 heterocycles. The molecule has 0 aliphatic carbocycles. The van der Waals surface area contributed by atoms with Gasteiger partial charge in [0.15, 0.2) is 0 Å². The highest BCUT2D eigenvalue weighted by atomic mass is 35.5. The Hall–Kier alpha value is -0.490. The minimum absolute atomic E-state index is 0.729. The number of hydrogen-bond acceptors (Lipinski definition) is 0. The van der Waals surface area contributed by atoms with Crippen molar-refractivity contribution in [3.8, 4) is 0 Å². The van der Waals surface area contributed by atoms with Crippen molar-refractivity contribution in [2.24, 2.45) is 0 Å². The minimum Gasteiger partial charge on any atom is -0.0843 e. The number of unbranched alkanes of at least 4 members (excludes halogenated alkanes) is 1. The summed E-state index contributed by atoms with van der Waals surface area (Å²) in [5, 5.41) is 0.837. The van der Waals surface area contributed by atoms with Crippen LogP contribution in [0.5, 0.6) is 0 Å². The van der Waals surface area contributed by atoms with Gasteiger partial charge in [-0.2, -0.15) is 0 Å². The van der Waals surface area contributed by atoms with Crippen LogP contribution in [0.15, 0.2) is 24.3 Å². The average Bonchev–Trinajstić information content (AvgIpc) is 2.25. The maximum Gasteiger partial charge on any atom is 0.0406 e. The van der Waals surface area contributed by atoms with E-state index in [-0.39, 0.29) is 0 Å². The first-order valence-electron chi connectivity index (χ1n) is 6.03. The van der Waals surface area contributed by atoms with Crippen LogP contribution in [0.25, 0.3) is 0 Å². The second-order valence-electron chi connectivity index (χ2n) is 4.18. The first-order valence-corrected chi connectivity index (χ1v) is 6.41. The van der Waals surface area contributed by atoms with E-state index in [0.29, 0.717) is 0 Å². The Labute approximate surface area is 98.7 Å². The second kappa shape index (κ2) is 6.90. The molecule has 1 aromatic rings. The van der Waals surface area contributed by atoms with E-state index in [2.05, 4.69) is 26.0 Å². The van der Waals surface area contributed by atoms with E-state index in [0.717, 1.165) is 10.9 Å². The van der Waals surface area contributed by atoms with Gasteiger partial charge in [0.25, 0.3) is 0 Å². The van der Waals surface area contributed by atoms with Crippen molar-refractivity contribution < 1.29 is 0 Å². The summed E-state index contributed by atoms with van der Waals surface area (Å²) in [6, 6.07) is 8.37. The molecule has 84 valence electrons. The van der Waals surface area contributed by atoms with E-state index in [1.165, 1.54) is 37.7 Å². The molecule has 1 heteroatoms. The lowest BCUT2D eigenvalue weighted by Gasteiger charge is -2.16. The van der Waals surface area contributed by atoms with Crippen LogP contribution in [-0.4, -0.2) is 0 Å². The van der Waals surface area contributed by atoms with E-state index in [9.17, 15) is 0 Å². The van der Waals surface area contributed by atoms with Crippen molar-refractivity contribution in [3.05, 3.63) is 34.9 Å². The van der Waals surface area contributed by atoms with Crippen LogP contribution in [0.3, 0.4) is 0 Å². The van der Waals surface area contributed by atoms with E-state index in [4.69, 9.17) is 11.6 Å². The largest absolute Gasteiger partial charge is 0.0843 e. The fraction of sp³-hybridized carbons (Fsp3) is 0.571. The van der Waals surface area contributed by atoms with Gasteiger partial charge in [-0.1, -0.05) is 56.8 Å². The first-order chi connectivity index (χ1) is 7.27. The lowest BCUT2D eigenvalue weighted by atomic mass is 9.90. The molecule has 0 aromatic heterocycles. The molecule has 15 heavy (non-hydrogen) atoms. The van der Waals surface area contributed by atoms with Crippen molar-refractivity contribution in [1.82, 2.24) is 0 Å². The predicted octanol–water partition coefficient (Wildman–Crippen LogP) is 5.41. The van der Waals surface area contributed by atoms with Gasteiger partial charge in [0.1, 0.15) is 0 Å². The molecule has 1 rings (SSSR count). The standard InChI is InChI=1S/C14H21Cl/c1-3-5-7-12(6-4-2)13-8-10-14(15)11-9-13/h8-12H,3-7H2,1-2H3. The van der Waals surface area contributed by atoms with Crippen molar-refractivity contribution in [1.29, 1.82) is 0 Å². The molecule has 0 radical (unpaired) electrons. The van der Waals surface area contributed by atoms with Crippen LogP contribution in [0.2, 0.25) is 5.02 Å². The first kappa shape index (κ1) is 12.6. The summed E-state index contributed by atoms with van der Waals surface area (Å²) in [5.41, 5.74) is 1.45. The quantitative estimate of drug-likeness (QED) is 0.606. The summed E-state index contributed by atoms with van der Waals surface area (Å²) in [6.07, 6.45) is 6.48. The molecule has 1 atom stereocenters. The lowest BCUT2D eigenvalue weighted by molar-refractivity contribution is 0.541. The van der Waals surface area contributed by atoms with Crippen LogP contribution >= 0.6 is 11.6 Å². The smallest absolute Gasteiger partial charge is 0.0406 e. The van der Waals surface area contributed by atoms with Crippen LogP contribution in [0.4, 0.5) is 0 Å². The third-order valence-corrected chi connectivity index (χ3v) is 3.14. The summed E-state index contributed by atoms with van der Waals surface area (Å²) in [6.45, 7) is 4.51. The summed E-state index contributed by atoms with van der Waals surface area (Å²) >= 11 is 5.90. The normalized spacial score (nSPS) is 12.7. The van der Waals surface area contributed by atoms with Gasteiger partial charge in [0, 0.05) is 5.02 Å². The van der Waals surface area contributed by atoms with E-state index >= 15 is 0 Å². The van der Waals surface area contributed by atoms with Crippen molar-refractivity contribution in [3.63, 3.8) is 0 Å². The third kappa shape index (κ3) is 4.25. The monoisotopic (exact) mass is 224 g/mol. The zero-order valence-corrected chi connectivity index (χ0v) is 10.6. The molecule has 0 N–H and O–H groups in total. The van der Waals surface area contributed by atoms with Gasteiger partial charge in [0.05, 0.1) is 0 Å². The summed E-state index contributed by atoms with van der Waals surface area (Å²) in [5.74, 6) is 0.729. The Kier molecular flexibility index (Phi) is 5.78. The van der Waals surface area contributed by atoms with Crippen molar-refractivity contribution in [2.75, 3.05) is 0 Å². The molecular weight excluding hydrogens is 204 g/mol. The Bertz CT molecular complexity index is 263. The summed E-state index contributed by atoms with van der Waals surface area (Å²) in [7, 11) is 0. The molecule has 0 saturated carbocycles. The average molecular weight is 225 g/mol. The molecule has 1 unspecified atom stereocenters. The predicted molar refractivity (Wildman–Crippen MR) is 68.6 cm³/mol. The van der Waals surface area contributed by atoms with Gasteiger partial charge in [-0.05, 0) is 36.5 Å². The molecule has 0 fully saturated rings. The molecule has 1 aromatic carbocycles. The third-order valence-electron chi connectivity index (χ3n) is 2.88. The fourth-order valence-electron chi connectivity index (χ4n) is 2.01. The van der Waals surface area contributed by atoms with E-state index < -0.39 is 0 Å². The zero-order chi connectivity index (χ0) is 11.1. The molecule has 0 bridgehead atoms. The maximum absolute atomic E-state index is 5.90. The highest BCUT2D eigenvalue weighted by molar-refractivity contribution is 6.30. The molecule has 0 spiro atoms. The van der Waals surface area contributed by atoms with Gasteiger partial charge in [-0.3, -0.25) is 0 Å². The van der Waals surface area contributed by atoms with Gasteiger partial charge >= 0.3 is 0 Å². The lowest BCUT2D eigenvalue weighted by Crippen LogP contribution is -1.98. The number of halogens is 1.